The average molecular weight is 325 g/mol. The van der Waals surface area contributed by atoms with E-state index in [-0.39, 0.29) is 0 Å². The van der Waals surface area contributed by atoms with Crippen molar-refractivity contribution in [1.82, 2.24) is 9.97 Å². The lowest BCUT2D eigenvalue weighted by molar-refractivity contribution is 0.964. The molecule has 0 fully saturated rings. The maximum Gasteiger partial charge on any atom is 0.132 e. The van der Waals surface area contributed by atoms with Crippen LogP contribution in [0.3, 0.4) is 0 Å². The van der Waals surface area contributed by atoms with Gasteiger partial charge in [0.15, 0.2) is 0 Å². The van der Waals surface area contributed by atoms with Crippen LogP contribution in [0.2, 0.25) is 0 Å². The Morgan fingerprint density at radius 1 is 0.760 bits per heavy atom. The monoisotopic (exact) mass is 325 g/mol. The van der Waals surface area contributed by atoms with E-state index in [1.807, 2.05) is 12.3 Å². The van der Waals surface area contributed by atoms with Crippen LogP contribution in [0.15, 0.2) is 84.3 Å². The minimum atomic E-state index is 0.761. The van der Waals surface area contributed by atoms with E-state index >= 15 is 0 Å². The highest BCUT2D eigenvalue weighted by atomic mass is 14.8. The predicted molar refractivity (Wildman–Crippen MR) is 101 cm³/mol. The van der Waals surface area contributed by atoms with E-state index in [1.54, 1.807) is 12.4 Å². The van der Waals surface area contributed by atoms with E-state index in [1.165, 1.54) is 22.3 Å². The van der Waals surface area contributed by atoms with Gasteiger partial charge in [-0.15, -0.1) is 0 Å². The van der Waals surface area contributed by atoms with Gasteiger partial charge < -0.3 is 0 Å². The molecule has 3 aromatic rings. The van der Waals surface area contributed by atoms with Crippen molar-refractivity contribution in [2.45, 2.75) is 19.3 Å². The molecule has 1 aliphatic heterocycles. The summed E-state index contributed by atoms with van der Waals surface area (Å²) in [5.41, 5.74) is 6.22. The molecular weight excluding hydrogens is 306 g/mol. The van der Waals surface area contributed by atoms with Crippen LogP contribution in [0, 0.1) is 0 Å². The van der Waals surface area contributed by atoms with Gasteiger partial charge in [0.05, 0.1) is 5.71 Å². The lowest BCUT2D eigenvalue weighted by Gasteiger charge is -2.07. The molecule has 25 heavy (non-hydrogen) atoms. The molecular formula is C22H19N3. The van der Waals surface area contributed by atoms with E-state index in [0.29, 0.717) is 0 Å². The van der Waals surface area contributed by atoms with Crippen LogP contribution in [0.4, 0.5) is 0 Å². The van der Waals surface area contributed by atoms with Gasteiger partial charge in [-0.05, 0) is 40.8 Å². The first kappa shape index (κ1) is 15.5. The normalized spacial score (nSPS) is 13.0. The van der Waals surface area contributed by atoms with Crippen LogP contribution in [-0.4, -0.2) is 15.7 Å². The Morgan fingerprint density at radius 2 is 1.48 bits per heavy atom. The lowest BCUT2D eigenvalue weighted by Crippen LogP contribution is -1.99. The SMILES string of the molecule is C1=CN=C(c2cccc(Cc3cccc(Cc4ncccn4)c3)c2)C1. The summed E-state index contributed by atoms with van der Waals surface area (Å²) in [5.74, 6) is 0.855. The summed E-state index contributed by atoms with van der Waals surface area (Å²) < 4.78 is 0. The molecule has 1 aromatic heterocycles. The summed E-state index contributed by atoms with van der Waals surface area (Å²) >= 11 is 0. The zero-order valence-corrected chi connectivity index (χ0v) is 14.0. The molecule has 0 radical (unpaired) electrons. The Balaban J connectivity index is 1.51. The van der Waals surface area contributed by atoms with Crippen molar-refractivity contribution in [2.75, 3.05) is 0 Å². The fourth-order valence-electron chi connectivity index (χ4n) is 3.10. The number of allylic oxidation sites excluding steroid dienone is 1. The Labute approximate surface area is 147 Å². The molecule has 0 amide bonds. The molecule has 0 saturated heterocycles. The number of nitrogens with zero attached hydrogens (tertiary/aromatic N) is 3. The Bertz CT molecular complexity index is 927. The van der Waals surface area contributed by atoms with Gasteiger partial charge >= 0.3 is 0 Å². The molecule has 0 atom stereocenters. The van der Waals surface area contributed by atoms with Crippen molar-refractivity contribution in [1.29, 1.82) is 0 Å². The molecule has 1 aliphatic rings. The molecule has 0 saturated carbocycles. The second kappa shape index (κ2) is 7.22. The van der Waals surface area contributed by atoms with Crippen molar-refractivity contribution in [3.05, 3.63) is 107 Å². The summed E-state index contributed by atoms with van der Waals surface area (Å²) in [5, 5.41) is 0. The van der Waals surface area contributed by atoms with E-state index in [2.05, 4.69) is 69.6 Å². The molecule has 2 aromatic carbocycles. The Hall–Kier alpha value is -3.07. The molecule has 3 heteroatoms. The molecule has 4 rings (SSSR count). The number of rotatable bonds is 5. The van der Waals surface area contributed by atoms with Gasteiger partial charge in [0.1, 0.15) is 5.82 Å². The molecule has 2 heterocycles. The zero-order valence-electron chi connectivity index (χ0n) is 14.0. The number of aromatic nitrogens is 2. The van der Waals surface area contributed by atoms with Gasteiger partial charge in [-0.2, -0.15) is 0 Å². The first-order valence-corrected chi connectivity index (χ1v) is 8.51. The maximum absolute atomic E-state index is 4.44. The highest BCUT2D eigenvalue weighted by molar-refractivity contribution is 6.03. The van der Waals surface area contributed by atoms with Crippen molar-refractivity contribution >= 4 is 5.71 Å². The van der Waals surface area contributed by atoms with E-state index < -0.39 is 0 Å². The van der Waals surface area contributed by atoms with Crippen LogP contribution < -0.4 is 0 Å². The molecule has 0 aliphatic carbocycles. The minimum absolute atomic E-state index is 0.761. The first-order valence-electron chi connectivity index (χ1n) is 8.51. The van der Waals surface area contributed by atoms with Crippen LogP contribution in [0.1, 0.15) is 34.5 Å². The standard InChI is InChI=1S/C22H19N3/c1-5-17(14-19(6-1)16-22-24-11-4-12-25-22)13-18-7-2-8-20(15-18)21-9-3-10-23-21/h1-8,10-12,14-15H,9,13,16H2. The van der Waals surface area contributed by atoms with Gasteiger partial charge in [-0.3, -0.25) is 4.99 Å². The highest BCUT2D eigenvalue weighted by Gasteiger charge is 2.07. The Kier molecular flexibility index (Phi) is 4.46. The van der Waals surface area contributed by atoms with E-state index in [9.17, 15) is 0 Å². The molecule has 0 N–H and O–H groups in total. The third-order valence-corrected chi connectivity index (χ3v) is 4.29. The number of benzene rings is 2. The summed E-state index contributed by atoms with van der Waals surface area (Å²) in [6, 6.07) is 19.2. The maximum atomic E-state index is 4.44. The summed E-state index contributed by atoms with van der Waals surface area (Å²) in [6.07, 6.45) is 10.2. The molecule has 0 bridgehead atoms. The quantitative estimate of drug-likeness (QED) is 0.699. The number of aliphatic imine (C=N–C) groups is 1. The van der Waals surface area contributed by atoms with Crippen molar-refractivity contribution in [2.24, 2.45) is 4.99 Å². The summed E-state index contributed by atoms with van der Waals surface area (Å²) in [7, 11) is 0. The minimum Gasteiger partial charge on any atom is -0.261 e. The van der Waals surface area contributed by atoms with Crippen molar-refractivity contribution < 1.29 is 0 Å². The second-order valence-electron chi connectivity index (χ2n) is 6.20. The molecule has 3 nitrogen and oxygen atoms in total. The average Bonchev–Trinajstić information content (AvgIpc) is 3.18. The third kappa shape index (κ3) is 3.89. The third-order valence-electron chi connectivity index (χ3n) is 4.29. The van der Waals surface area contributed by atoms with Crippen molar-refractivity contribution in [3.8, 4) is 0 Å². The second-order valence-corrected chi connectivity index (χ2v) is 6.20. The van der Waals surface area contributed by atoms with Gasteiger partial charge in [-0.1, -0.05) is 48.5 Å². The van der Waals surface area contributed by atoms with Crippen molar-refractivity contribution in [3.63, 3.8) is 0 Å². The Morgan fingerprint density at radius 3 is 2.24 bits per heavy atom. The van der Waals surface area contributed by atoms with Crippen LogP contribution in [0.5, 0.6) is 0 Å². The highest BCUT2D eigenvalue weighted by Crippen LogP contribution is 2.17. The largest absolute Gasteiger partial charge is 0.261 e. The van der Waals surface area contributed by atoms with Crippen LogP contribution >= 0.6 is 0 Å². The van der Waals surface area contributed by atoms with E-state index in [4.69, 9.17) is 0 Å². The summed E-state index contributed by atoms with van der Waals surface area (Å²) in [4.78, 5) is 13.1. The van der Waals surface area contributed by atoms with E-state index in [0.717, 1.165) is 30.8 Å². The number of hydrogen-bond donors (Lipinski definition) is 0. The smallest absolute Gasteiger partial charge is 0.132 e. The molecule has 0 spiro atoms. The van der Waals surface area contributed by atoms with Gasteiger partial charge in [-0.25, -0.2) is 9.97 Å². The van der Waals surface area contributed by atoms with Gasteiger partial charge in [0.25, 0.3) is 0 Å². The van der Waals surface area contributed by atoms with Crippen LogP contribution in [0.25, 0.3) is 0 Å². The number of hydrogen-bond acceptors (Lipinski definition) is 3. The fraction of sp³-hybridized carbons (Fsp3) is 0.136. The predicted octanol–water partition coefficient (Wildman–Crippen LogP) is 4.36. The van der Waals surface area contributed by atoms with Gasteiger partial charge in [0, 0.05) is 31.4 Å². The molecule has 0 unspecified atom stereocenters. The van der Waals surface area contributed by atoms with Crippen LogP contribution in [-0.2, 0) is 12.8 Å². The first-order chi connectivity index (χ1) is 12.4. The summed E-state index contributed by atoms with van der Waals surface area (Å²) in [6.45, 7) is 0. The lowest BCUT2D eigenvalue weighted by atomic mass is 9.98. The topological polar surface area (TPSA) is 38.1 Å². The molecule has 122 valence electrons. The van der Waals surface area contributed by atoms with Gasteiger partial charge in [0.2, 0.25) is 0 Å². The fourth-order valence-corrected chi connectivity index (χ4v) is 3.10. The zero-order chi connectivity index (χ0) is 16.9.